The summed E-state index contributed by atoms with van der Waals surface area (Å²) in [7, 11) is 3.40. The van der Waals surface area contributed by atoms with Gasteiger partial charge in [0.1, 0.15) is 4.47 Å². The second-order valence-electron chi connectivity index (χ2n) is 3.92. The largest absolute Gasteiger partial charge is 0.383 e. The molecule has 0 aliphatic heterocycles. The van der Waals surface area contributed by atoms with E-state index in [1.165, 1.54) is 4.68 Å². The second kappa shape index (κ2) is 5.98. The van der Waals surface area contributed by atoms with Crippen LogP contribution >= 0.6 is 15.9 Å². The van der Waals surface area contributed by atoms with E-state index in [1.807, 2.05) is 13.2 Å². The van der Waals surface area contributed by atoms with Crippen molar-refractivity contribution in [2.45, 2.75) is 6.54 Å². The third kappa shape index (κ3) is 3.21. The molecule has 102 valence electrons. The molecular formula is C11H14BrN5O2. The minimum atomic E-state index is -0.203. The minimum absolute atomic E-state index is 0.203. The Hall–Kier alpha value is -1.67. The summed E-state index contributed by atoms with van der Waals surface area (Å²) >= 11 is 3.28. The standard InChI is InChI=1S/C11H14BrN5O2/c1-16-7-8(5-13-16)15-9-6-14-17(3-4-19-2)11(18)10(9)12/h5-7,15H,3-4H2,1-2H3. The maximum absolute atomic E-state index is 12.0. The van der Waals surface area contributed by atoms with Crippen LogP contribution in [0, 0.1) is 0 Å². The quantitative estimate of drug-likeness (QED) is 0.891. The molecule has 0 aliphatic carbocycles. The van der Waals surface area contributed by atoms with Gasteiger partial charge in [-0.15, -0.1) is 0 Å². The van der Waals surface area contributed by atoms with Crippen LogP contribution in [0.2, 0.25) is 0 Å². The van der Waals surface area contributed by atoms with Crippen molar-refractivity contribution in [2.75, 3.05) is 19.0 Å². The van der Waals surface area contributed by atoms with Gasteiger partial charge in [-0.25, -0.2) is 4.68 Å². The zero-order valence-corrected chi connectivity index (χ0v) is 12.2. The van der Waals surface area contributed by atoms with Crippen LogP contribution in [0.3, 0.4) is 0 Å². The van der Waals surface area contributed by atoms with Gasteiger partial charge >= 0.3 is 0 Å². The van der Waals surface area contributed by atoms with Gasteiger partial charge < -0.3 is 10.1 Å². The summed E-state index contributed by atoms with van der Waals surface area (Å²) in [6.07, 6.45) is 5.07. The number of nitrogens with zero attached hydrogens (tertiary/aromatic N) is 4. The molecule has 0 aliphatic rings. The van der Waals surface area contributed by atoms with Gasteiger partial charge in [0.25, 0.3) is 5.56 Å². The number of anilines is 2. The molecule has 0 bridgehead atoms. The lowest BCUT2D eigenvalue weighted by Crippen LogP contribution is -2.25. The fourth-order valence-corrected chi connectivity index (χ4v) is 1.94. The third-order valence-corrected chi connectivity index (χ3v) is 3.24. The van der Waals surface area contributed by atoms with Crippen molar-refractivity contribution in [3.05, 3.63) is 33.4 Å². The van der Waals surface area contributed by atoms with E-state index in [0.29, 0.717) is 23.3 Å². The van der Waals surface area contributed by atoms with Crippen LogP contribution in [0.25, 0.3) is 0 Å². The first-order valence-electron chi connectivity index (χ1n) is 5.62. The van der Waals surface area contributed by atoms with Crippen molar-refractivity contribution in [1.29, 1.82) is 0 Å². The summed E-state index contributed by atoms with van der Waals surface area (Å²) in [5.74, 6) is 0. The molecular weight excluding hydrogens is 314 g/mol. The first-order valence-corrected chi connectivity index (χ1v) is 6.41. The highest BCUT2D eigenvalue weighted by Crippen LogP contribution is 2.20. The van der Waals surface area contributed by atoms with E-state index in [0.717, 1.165) is 5.69 Å². The highest BCUT2D eigenvalue weighted by atomic mass is 79.9. The predicted octanol–water partition coefficient (Wildman–Crippen LogP) is 1.13. The molecule has 0 aromatic carbocycles. The zero-order valence-electron chi connectivity index (χ0n) is 10.6. The number of ether oxygens (including phenoxy) is 1. The number of halogens is 1. The molecule has 7 nitrogen and oxygen atoms in total. The molecule has 19 heavy (non-hydrogen) atoms. The summed E-state index contributed by atoms with van der Waals surface area (Å²) in [4.78, 5) is 12.0. The number of methoxy groups -OCH3 is 1. The minimum Gasteiger partial charge on any atom is -0.383 e. The number of aromatic nitrogens is 4. The lowest BCUT2D eigenvalue weighted by molar-refractivity contribution is 0.181. The fourth-order valence-electron chi connectivity index (χ4n) is 1.53. The second-order valence-corrected chi connectivity index (χ2v) is 4.71. The van der Waals surface area contributed by atoms with Crippen LogP contribution in [-0.4, -0.2) is 33.3 Å². The Morgan fingerprint density at radius 1 is 1.42 bits per heavy atom. The SMILES string of the molecule is COCCn1ncc(Nc2cnn(C)c2)c(Br)c1=O. The first-order chi connectivity index (χ1) is 9.11. The van der Waals surface area contributed by atoms with E-state index in [4.69, 9.17) is 4.74 Å². The normalized spacial score (nSPS) is 10.7. The molecule has 2 aromatic rings. The average molecular weight is 328 g/mol. The van der Waals surface area contributed by atoms with E-state index < -0.39 is 0 Å². The van der Waals surface area contributed by atoms with Crippen molar-refractivity contribution in [3.8, 4) is 0 Å². The van der Waals surface area contributed by atoms with Crippen LogP contribution in [0.15, 0.2) is 27.9 Å². The molecule has 1 N–H and O–H groups in total. The summed E-state index contributed by atoms with van der Waals surface area (Å²) in [5, 5.41) is 11.2. The van der Waals surface area contributed by atoms with Crippen molar-refractivity contribution in [1.82, 2.24) is 19.6 Å². The van der Waals surface area contributed by atoms with E-state index in [9.17, 15) is 4.79 Å². The zero-order chi connectivity index (χ0) is 13.8. The lowest BCUT2D eigenvalue weighted by atomic mass is 10.4. The predicted molar refractivity (Wildman–Crippen MR) is 74.6 cm³/mol. The molecule has 0 saturated carbocycles. The van der Waals surface area contributed by atoms with Crippen molar-refractivity contribution in [2.24, 2.45) is 7.05 Å². The van der Waals surface area contributed by atoms with E-state index in [-0.39, 0.29) is 5.56 Å². The molecule has 2 aromatic heterocycles. The van der Waals surface area contributed by atoms with Gasteiger partial charge in [-0.1, -0.05) is 0 Å². The molecule has 2 heterocycles. The van der Waals surface area contributed by atoms with E-state index in [1.54, 1.807) is 24.2 Å². The van der Waals surface area contributed by atoms with E-state index in [2.05, 4.69) is 31.4 Å². The van der Waals surface area contributed by atoms with Gasteiger partial charge in [-0.3, -0.25) is 9.48 Å². The summed E-state index contributed by atoms with van der Waals surface area (Å²) in [5.41, 5.74) is 1.19. The number of hydrogen-bond donors (Lipinski definition) is 1. The molecule has 0 radical (unpaired) electrons. The first kappa shape index (κ1) is 13.8. The smallest absolute Gasteiger partial charge is 0.283 e. The lowest BCUT2D eigenvalue weighted by Gasteiger charge is -2.08. The van der Waals surface area contributed by atoms with Crippen molar-refractivity contribution >= 4 is 27.3 Å². The molecule has 0 spiro atoms. The van der Waals surface area contributed by atoms with Gasteiger partial charge in [0.05, 0.1) is 36.9 Å². The van der Waals surface area contributed by atoms with Gasteiger partial charge in [0.2, 0.25) is 0 Å². The van der Waals surface area contributed by atoms with Crippen LogP contribution in [0.1, 0.15) is 0 Å². The molecule has 0 amide bonds. The third-order valence-electron chi connectivity index (χ3n) is 2.48. The Labute approximate surface area is 118 Å². The summed E-state index contributed by atoms with van der Waals surface area (Å²) in [6.45, 7) is 0.857. The van der Waals surface area contributed by atoms with Crippen LogP contribution in [0.4, 0.5) is 11.4 Å². The van der Waals surface area contributed by atoms with Crippen molar-refractivity contribution in [3.63, 3.8) is 0 Å². The van der Waals surface area contributed by atoms with Gasteiger partial charge in [0, 0.05) is 20.4 Å². The van der Waals surface area contributed by atoms with Crippen molar-refractivity contribution < 1.29 is 4.74 Å². The Bertz CT molecular complexity index is 622. The number of hydrogen-bond acceptors (Lipinski definition) is 5. The molecule has 0 saturated heterocycles. The molecule has 0 unspecified atom stereocenters. The van der Waals surface area contributed by atoms with Gasteiger partial charge in [-0.05, 0) is 15.9 Å². The fraction of sp³-hybridized carbons (Fsp3) is 0.364. The topological polar surface area (TPSA) is 74.0 Å². The average Bonchev–Trinajstić information content (AvgIpc) is 2.80. The van der Waals surface area contributed by atoms with Crippen LogP contribution in [-0.2, 0) is 18.3 Å². The molecule has 2 rings (SSSR count). The Balaban J connectivity index is 2.23. The highest BCUT2D eigenvalue weighted by Gasteiger charge is 2.09. The Morgan fingerprint density at radius 3 is 2.84 bits per heavy atom. The Kier molecular flexibility index (Phi) is 4.33. The molecule has 8 heteroatoms. The summed E-state index contributed by atoms with van der Waals surface area (Å²) in [6, 6.07) is 0. The number of aryl methyl sites for hydroxylation is 1. The monoisotopic (exact) mass is 327 g/mol. The van der Waals surface area contributed by atoms with Gasteiger partial charge in [-0.2, -0.15) is 10.2 Å². The highest BCUT2D eigenvalue weighted by molar-refractivity contribution is 9.10. The molecule has 0 fully saturated rings. The Morgan fingerprint density at radius 2 is 2.21 bits per heavy atom. The number of rotatable bonds is 5. The number of nitrogens with one attached hydrogen (secondary N) is 1. The maximum atomic E-state index is 12.0. The van der Waals surface area contributed by atoms with Gasteiger partial charge in [0.15, 0.2) is 0 Å². The van der Waals surface area contributed by atoms with Crippen LogP contribution < -0.4 is 10.9 Å². The van der Waals surface area contributed by atoms with Crippen LogP contribution in [0.5, 0.6) is 0 Å². The maximum Gasteiger partial charge on any atom is 0.283 e. The summed E-state index contributed by atoms with van der Waals surface area (Å²) < 4.78 is 8.38. The van der Waals surface area contributed by atoms with E-state index >= 15 is 0 Å². The molecule has 0 atom stereocenters.